The Morgan fingerprint density at radius 2 is 2.47 bits per heavy atom. The highest BCUT2D eigenvalue weighted by atomic mass is 32.1. The second-order valence-electron chi connectivity index (χ2n) is 2.72. The minimum Gasteiger partial charge on any atom is -0.387 e. The zero-order valence-electron chi connectivity index (χ0n) is 7.91. The lowest BCUT2D eigenvalue weighted by Gasteiger charge is -1.90. The third kappa shape index (κ3) is 2.00. The van der Waals surface area contributed by atoms with Gasteiger partial charge in [0, 0.05) is 18.0 Å². The SMILES string of the molecule is CCc1nsc(-n2cnc(C(N)=S)n2)n1. The number of hydrogen-bond donors (Lipinski definition) is 1. The maximum atomic E-state index is 5.40. The monoisotopic (exact) mass is 240 g/mol. The van der Waals surface area contributed by atoms with E-state index in [1.54, 1.807) is 0 Å². The number of aryl methyl sites for hydroxylation is 1. The van der Waals surface area contributed by atoms with Gasteiger partial charge in [0.1, 0.15) is 17.1 Å². The smallest absolute Gasteiger partial charge is 0.231 e. The van der Waals surface area contributed by atoms with Gasteiger partial charge in [-0.05, 0) is 0 Å². The molecule has 2 heterocycles. The summed E-state index contributed by atoms with van der Waals surface area (Å²) in [7, 11) is 0. The Bertz CT molecular complexity index is 487. The van der Waals surface area contributed by atoms with Gasteiger partial charge in [-0.2, -0.15) is 9.06 Å². The average Bonchev–Trinajstić information content (AvgIpc) is 2.86. The second-order valence-corrected chi connectivity index (χ2v) is 3.89. The van der Waals surface area contributed by atoms with Crippen LogP contribution in [0.3, 0.4) is 0 Å². The molecular weight excluding hydrogens is 232 g/mol. The molecule has 0 aliphatic heterocycles. The van der Waals surface area contributed by atoms with Crippen molar-refractivity contribution in [2.75, 3.05) is 0 Å². The predicted molar refractivity (Wildman–Crippen MR) is 60.1 cm³/mol. The van der Waals surface area contributed by atoms with Crippen molar-refractivity contribution in [3.63, 3.8) is 0 Å². The third-order valence-corrected chi connectivity index (χ3v) is 2.61. The van der Waals surface area contributed by atoms with Crippen LogP contribution >= 0.6 is 23.8 Å². The van der Waals surface area contributed by atoms with E-state index in [2.05, 4.69) is 19.4 Å². The summed E-state index contributed by atoms with van der Waals surface area (Å²) in [6.07, 6.45) is 2.32. The first kappa shape index (κ1) is 10.1. The number of hydrogen-bond acceptors (Lipinski definition) is 6. The fourth-order valence-corrected chi connectivity index (χ4v) is 1.72. The number of aromatic nitrogens is 5. The minimum atomic E-state index is 0.175. The highest BCUT2D eigenvalue weighted by molar-refractivity contribution is 7.80. The minimum absolute atomic E-state index is 0.175. The van der Waals surface area contributed by atoms with Gasteiger partial charge in [-0.25, -0.2) is 9.97 Å². The molecule has 0 unspecified atom stereocenters. The van der Waals surface area contributed by atoms with Gasteiger partial charge in [0.2, 0.25) is 11.0 Å². The van der Waals surface area contributed by atoms with Crippen LogP contribution in [0.4, 0.5) is 0 Å². The highest BCUT2D eigenvalue weighted by Gasteiger charge is 2.08. The van der Waals surface area contributed by atoms with Crippen LogP contribution in [0.15, 0.2) is 6.33 Å². The van der Waals surface area contributed by atoms with Crippen LogP contribution in [0.1, 0.15) is 18.6 Å². The molecule has 8 heteroatoms. The Morgan fingerprint density at radius 1 is 1.67 bits per heavy atom. The Labute approximate surface area is 95.3 Å². The molecule has 0 amide bonds. The van der Waals surface area contributed by atoms with Gasteiger partial charge >= 0.3 is 0 Å². The topological polar surface area (TPSA) is 82.5 Å². The molecule has 0 bridgehead atoms. The summed E-state index contributed by atoms with van der Waals surface area (Å²) in [6, 6.07) is 0. The highest BCUT2D eigenvalue weighted by Crippen LogP contribution is 2.09. The number of rotatable bonds is 3. The molecule has 0 radical (unpaired) electrons. The van der Waals surface area contributed by atoms with Gasteiger partial charge in [-0.1, -0.05) is 19.1 Å². The molecule has 0 saturated carbocycles. The summed E-state index contributed by atoms with van der Waals surface area (Å²) in [6.45, 7) is 1.99. The van der Waals surface area contributed by atoms with Crippen molar-refractivity contribution < 1.29 is 0 Å². The van der Waals surface area contributed by atoms with Gasteiger partial charge in [0.25, 0.3) is 0 Å². The first-order valence-electron chi connectivity index (χ1n) is 4.25. The zero-order chi connectivity index (χ0) is 10.8. The Hall–Kier alpha value is -1.41. The maximum absolute atomic E-state index is 5.40. The molecule has 15 heavy (non-hydrogen) atoms. The van der Waals surface area contributed by atoms with Crippen LogP contribution < -0.4 is 5.73 Å². The van der Waals surface area contributed by atoms with Crippen LogP contribution in [0, 0.1) is 0 Å². The molecule has 0 saturated heterocycles. The van der Waals surface area contributed by atoms with Crippen molar-refractivity contribution in [3.05, 3.63) is 18.0 Å². The molecule has 2 aromatic rings. The largest absolute Gasteiger partial charge is 0.387 e. The average molecular weight is 240 g/mol. The van der Waals surface area contributed by atoms with Crippen LogP contribution in [0.5, 0.6) is 0 Å². The molecule has 2 rings (SSSR count). The lowest BCUT2D eigenvalue weighted by Crippen LogP contribution is -2.12. The number of nitrogens with zero attached hydrogens (tertiary/aromatic N) is 5. The molecule has 0 aliphatic carbocycles. The lowest BCUT2D eigenvalue weighted by molar-refractivity contribution is 0.850. The van der Waals surface area contributed by atoms with Crippen molar-refractivity contribution >= 4 is 28.7 Å². The molecule has 0 aliphatic rings. The van der Waals surface area contributed by atoms with E-state index in [4.69, 9.17) is 18.0 Å². The molecule has 0 spiro atoms. The van der Waals surface area contributed by atoms with E-state index in [1.807, 2.05) is 6.92 Å². The summed E-state index contributed by atoms with van der Waals surface area (Å²) >= 11 is 6.03. The van der Waals surface area contributed by atoms with E-state index < -0.39 is 0 Å². The van der Waals surface area contributed by atoms with Crippen molar-refractivity contribution in [2.45, 2.75) is 13.3 Å². The van der Waals surface area contributed by atoms with E-state index in [-0.39, 0.29) is 4.99 Å². The molecule has 0 atom stereocenters. The summed E-state index contributed by atoms with van der Waals surface area (Å²) in [5, 5.41) is 4.74. The summed E-state index contributed by atoms with van der Waals surface area (Å²) < 4.78 is 5.66. The third-order valence-electron chi connectivity index (χ3n) is 1.68. The fraction of sp³-hybridized carbons (Fsp3) is 0.286. The molecule has 6 nitrogen and oxygen atoms in total. The van der Waals surface area contributed by atoms with Crippen LogP contribution in [0.25, 0.3) is 5.13 Å². The van der Waals surface area contributed by atoms with E-state index in [1.165, 1.54) is 22.5 Å². The summed E-state index contributed by atoms with van der Waals surface area (Å²) in [4.78, 5) is 8.38. The van der Waals surface area contributed by atoms with Crippen molar-refractivity contribution in [1.82, 2.24) is 24.1 Å². The Morgan fingerprint density at radius 3 is 3.00 bits per heavy atom. The Kier molecular flexibility index (Phi) is 2.69. The van der Waals surface area contributed by atoms with Gasteiger partial charge in [-0.3, -0.25) is 0 Å². The lowest BCUT2D eigenvalue weighted by atomic mass is 10.5. The fourth-order valence-electron chi connectivity index (χ4n) is 0.950. The molecule has 0 fully saturated rings. The van der Waals surface area contributed by atoms with Crippen molar-refractivity contribution in [3.8, 4) is 5.13 Å². The first-order valence-corrected chi connectivity index (χ1v) is 5.43. The Balaban J connectivity index is 2.32. The number of nitrogens with two attached hydrogens (primary N) is 1. The van der Waals surface area contributed by atoms with Crippen LogP contribution in [-0.4, -0.2) is 29.1 Å². The number of thiocarbonyl (C=S) groups is 1. The quantitative estimate of drug-likeness (QED) is 0.778. The van der Waals surface area contributed by atoms with Crippen LogP contribution in [0.2, 0.25) is 0 Å². The van der Waals surface area contributed by atoms with E-state index in [0.29, 0.717) is 11.0 Å². The summed E-state index contributed by atoms with van der Waals surface area (Å²) in [5.74, 6) is 1.14. The first-order chi connectivity index (χ1) is 7.20. The van der Waals surface area contributed by atoms with Gasteiger partial charge in [-0.15, -0.1) is 5.10 Å². The molecule has 78 valence electrons. The van der Waals surface area contributed by atoms with Gasteiger partial charge < -0.3 is 5.73 Å². The maximum Gasteiger partial charge on any atom is 0.231 e. The normalized spacial score (nSPS) is 10.5. The van der Waals surface area contributed by atoms with Crippen molar-refractivity contribution in [1.29, 1.82) is 0 Å². The van der Waals surface area contributed by atoms with Crippen LogP contribution in [-0.2, 0) is 6.42 Å². The molecule has 2 N–H and O–H groups in total. The second kappa shape index (κ2) is 3.99. The van der Waals surface area contributed by atoms with E-state index in [0.717, 1.165) is 12.2 Å². The zero-order valence-corrected chi connectivity index (χ0v) is 9.55. The molecule has 2 aromatic heterocycles. The van der Waals surface area contributed by atoms with Gasteiger partial charge in [0.05, 0.1) is 0 Å². The molecule has 0 aromatic carbocycles. The predicted octanol–water partition coefficient (Wildman–Crippen LogP) is 0.315. The standard InChI is InChI=1S/C7H8N6S2/c1-2-4-10-7(15-12-4)13-3-9-6(11-13)5(8)14/h3H,2H2,1H3,(H2,8,14). The van der Waals surface area contributed by atoms with Crippen molar-refractivity contribution in [2.24, 2.45) is 5.73 Å². The summed E-state index contributed by atoms with van der Waals surface area (Å²) in [5.41, 5.74) is 5.40. The van der Waals surface area contributed by atoms with E-state index >= 15 is 0 Å². The van der Waals surface area contributed by atoms with Gasteiger partial charge in [0.15, 0.2) is 0 Å². The van der Waals surface area contributed by atoms with E-state index in [9.17, 15) is 0 Å². The molecular formula is C7H8N6S2.